The van der Waals surface area contributed by atoms with Gasteiger partial charge >= 0.3 is 6.18 Å². The summed E-state index contributed by atoms with van der Waals surface area (Å²) in [4.78, 5) is 15.8. The van der Waals surface area contributed by atoms with E-state index in [4.69, 9.17) is 0 Å². The van der Waals surface area contributed by atoms with Gasteiger partial charge in [0.05, 0.1) is 11.1 Å². The molecule has 1 amide bonds. The van der Waals surface area contributed by atoms with Gasteiger partial charge in [0.2, 0.25) is 0 Å². The minimum atomic E-state index is -4.40. The second-order valence-electron chi connectivity index (χ2n) is 4.80. The van der Waals surface area contributed by atoms with Gasteiger partial charge < -0.3 is 5.32 Å². The molecule has 22 heavy (non-hydrogen) atoms. The van der Waals surface area contributed by atoms with Crippen molar-refractivity contribution >= 4 is 5.91 Å². The van der Waals surface area contributed by atoms with E-state index in [0.29, 0.717) is 23.2 Å². The molecule has 0 spiro atoms. The standard InChI is InChI=1S/C16H15F3N2O/c1-2-6-21-15(22)13-7-12(9-20-10-13)11-4-3-5-14(8-11)16(17,18)19/h3-5,7-10H,2,6H2,1H3,(H,21,22). The van der Waals surface area contributed by atoms with Gasteiger partial charge in [-0.05, 0) is 30.2 Å². The van der Waals surface area contributed by atoms with Gasteiger partial charge in [0.25, 0.3) is 5.91 Å². The first-order chi connectivity index (χ1) is 10.4. The highest BCUT2D eigenvalue weighted by atomic mass is 19.4. The maximum atomic E-state index is 12.8. The lowest BCUT2D eigenvalue weighted by molar-refractivity contribution is -0.137. The molecule has 0 atom stereocenters. The molecule has 1 N–H and O–H groups in total. The second-order valence-corrected chi connectivity index (χ2v) is 4.80. The molecule has 3 nitrogen and oxygen atoms in total. The van der Waals surface area contributed by atoms with Crippen molar-refractivity contribution in [3.8, 4) is 11.1 Å². The minimum absolute atomic E-state index is 0.289. The summed E-state index contributed by atoms with van der Waals surface area (Å²) in [6, 6.07) is 6.48. The van der Waals surface area contributed by atoms with Crippen LogP contribution in [0.2, 0.25) is 0 Å². The highest BCUT2D eigenvalue weighted by molar-refractivity contribution is 5.95. The number of hydrogen-bond acceptors (Lipinski definition) is 2. The lowest BCUT2D eigenvalue weighted by atomic mass is 10.0. The van der Waals surface area contributed by atoms with Crippen LogP contribution in [0.25, 0.3) is 11.1 Å². The van der Waals surface area contributed by atoms with Crippen molar-refractivity contribution in [2.45, 2.75) is 19.5 Å². The number of rotatable bonds is 4. The molecule has 2 aromatic rings. The molecule has 1 aromatic carbocycles. The number of alkyl halides is 3. The monoisotopic (exact) mass is 308 g/mol. The first-order valence-electron chi connectivity index (χ1n) is 6.82. The maximum absolute atomic E-state index is 12.8. The van der Waals surface area contributed by atoms with Crippen molar-refractivity contribution in [2.75, 3.05) is 6.54 Å². The first kappa shape index (κ1) is 16.0. The molecule has 1 heterocycles. The zero-order valence-electron chi connectivity index (χ0n) is 11.9. The summed E-state index contributed by atoms with van der Waals surface area (Å²) in [5.74, 6) is -0.289. The second kappa shape index (κ2) is 6.60. The van der Waals surface area contributed by atoms with Gasteiger partial charge in [-0.15, -0.1) is 0 Å². The van der Waals surface area contributed by atoms with Crippen molar-refractivity contribution in [1.82, 2.24) is 10.3 Å². The molecular weight excluding hydrogens is 293 g/mol. The van der Waals surface area contributed by atoms with Gasteiger partial charge in [0.1, 0.15) is 0 Å². The van der Waals surface area contributed by atoms with E-state index in [-0.39, 0.29) is 5.91 Å². The molecule has 0 radical (unpaired) electrons. The molecule has 116 valence electrons. The first-order valence-corrected chi connectivity index (χ1v) is 6.82. The number of pyridine rings is 1. The molecule has 0 aliphatic heterocycles. The Bertz CT molecular complexity index is 668. The number of nitrogens with one attached hydrogen (secondary N) is 1. The Morgan fingerprint density at radius 1 is 1.18 bits per heavy atom. The van der Waals surface area contributed by atoms with E-state index in [2.05, 4.69) is 10.3 Å². The van der Waals surface area contributed by atoms with Crippen molar-refractivity contribution < 1.29 is 18.0 Å². The molecule has 0 saturated carbocycles. The Hall–Kier alpha value is -2.37. The van der Waals surface area contributed by atoms with Crippen LogP contribution >= 0.6 is 0 Å². The fourth-order valence-corrected chi connectivity index (χ4v) is 1.94. The molecular formula is C16H15F3N2O. The largest absolute Gasteiger partial charge is 0.416 e. The van der Waals surface area contributed by atoms with Gasteiger partial charge in [-0.1, -0.05) is 19.1 Å². The number of halogens is 3. The van der Waals surface area contributed by atoms with Gasteiger partial charge in [-0.3, -0.25) is 9.78 Å². The number of carbonyl (C=O) groups is 1. The Morgan fingerprint density at radius 2 is 1.95 bits per heavy atom. The van der Waals surface area contributed by atoms with Crippen LogP contribution in [-0.2, 0) is 6.18 Å². The SMILES string of the molecule is CCCNC(=O)c1cncc(-c2cccc(C(F)(F)F)c2)c1. The molecule has 0 saturated heterocycles. The number of aromatic nitrogens is 1. The Morgan fingerprint density at radius 3 is 2.64 bits per heavy atom. The summed E-state index contributed by atoms with van der Waals surface area (Å²) in [6.07, 6.45) is -0.778. The van der Waals surface area contributed by atoms with Gasteiger partial charge in [-0.25, -0.2) is 0 Å². The molecule has 0 aliphatic rings. The van der Waals surface area contributed by atoms with Crippen molar-refractivity contribution in [2.24, 2.45) is 0 Å². The van der Waals surface area contributed by atoms with Crippen LogP contribution in [0, 0.1) is 0 Å². The zero-order chi connectivity index (χ0) is 16.2. The van der Waals surface area contributed by atoms with Crippen molar-refractivity contribution in [1.29, 1.82) is 0 Å². The van der Waals surface area contributed by atoms with Crippen LogP contribution in [0.15, 0.2) is 42.7 Å². The smallest absolute Gasteiger partial charge is 0.352 e. The number of hydrogen-bond donors (Lipinski definition) is 1. The molecule has 1 aromatic heterocycles. The van der Waals surface area contributed by atoms with Gasteiger partial charge in [0, 0.05) is 24.5 Å². The zero-order valence-corrected chi connectivity index (χ0v) is 11.9. The fraction of sp³-hybridized carbons (Fsp3) is 0.250. The van der Waals surface area contributed by atoms with Crippen LogP contribution in [-0.4, -0.2) is 17.4 Å². The van der Waals surface area contributed by atoms with Crippen LogP contribution in [0.3, 0.4) is 0 Å². The minimum Gasteiger partial charge on any atom is -0.352 e. The van der Waals surface area contributed by atoms with Gasteiger partial charge in [0.15, 0.2) is 0 Å². The van der Waals surface area contributed by atoms with Gasteiger partial charge in [-0.2, -0.15) is 13.2 Å². The predicted molar refractivity (Wildman–Crippen MR) is 77.3 cm³/mol. The van der Waals surface area contributed by atoms with E-state index in [9.17, 15) is 18.0 Å². The van der Waals surface area contributed by atoms with Crippen LogP contribution in [0.1, 0.15) is 29.3 Å². The van der Waals surface area contributed by atoms with Crippen molar-refractivity contribution in [3.05, 3.63) is 53.9 Å². The molecule has 0 fully saturated rings. The Balaban J connectivity index is 2.32. The van der Waals surface area contributed by atoms with Crippen LogP contribution < -0.4 is 5.32 Å². The highest BCUT2D eigenvalue weighted by Crippen LogP contribution is 2.32. The number of carbonyl (C=O) groups excluding carboxylic acids is 1. The summed E-state index contributed by atoms with van der Waals surface area (Å²) >= 11 is 0. The summed E-state index contributed by atoms with van der Waals surface area (Å²) in [6.45, 7) is 2.46. The quantitative estimate of drug-likeness (QED) is 0.930. The Kier molecular flexibility index (Phi) is 4.80. The third kappa shape index (κ3) is 3.84. The average molecular weight is 308 g/mol. The number of amides is 1. The van der Waals surface area contributed by atoms with Crippen molar-refractivity contribution in [3.63, 3.8) is 0 Å². The molecule has 0 unspecified atom stereocenters. The van der Waals surface area contributed by atoms with E-state index in [0.717, 1.165) is 18.6 Å². The lowest BCUT2D eigenvalue weighted by Crippen LogP contribution is -2.24. The number of nitrogens with zero attached hydrogens (tertiary/aromatic N) is 1. The summed E-state index contributed by atoms with van der Waals surface area (Å²) in [5.41, 5.74) is 0.428. The van der Waals surface area contributed by atoms with E-state index < -0.39 is 11.7 Å². The van der Waals surface area contributed by atoms with E-state index >= 15 is 0 Å². The summed E-state index contributed by atoms with van der Waals surface area (Å²) in [7, 11) is 0. The molecule has 0 bridgehead atoms. The average Bonchev–Trinajstić information content (AvgIpc) is 2.52. The van der Waals surface area contributed by atoms with E-state index in [1.165, 1.54) is 24.5 Å². The fourth-order valence-electron chi connectivity index (χ4n) is 1.94. The predicted octanol–water partition coefficient (Wildman–Crippen LogP) is 3.91. The molecule has 0 aliphatic carbocycles. The number of benzene rings is 1. The topological polar surface area (TPSA) is 42.0 Å². The Labute approximate surface area is 126 Å². The summed E-state index contributed by atoms with van der Waals surface area (Å²) < 4.78 is 38.3. The van der Waals surface area contributed by atoms with Crippen LogP contribution in [0.5, 0.6) is 0 Å². The highest BCUT2D eigenvalue weighted by Gasteiger charge is 2.30. The van der Waals surface area contributed by atoms with E-state index in [1.807, 2.05) is 6.92 Å². The maximum Gasteiger partial charge on any atom is 0.416 e. The third-order valence-corrected chi connectivity index (χ3v) is 3.06. The van der Waals surface area contributed by atoms with E-state index in [1.54, 1.807) is 6.07 Å². The normalized spacial score (nSPS) is 11.3. The lowest BCUT2D eigenvalue weighted by Gasteiger charge is -2.09. The van der Waals surface area contributed by atoms with Crippen LogP contribution in [0.4, 0.5) is 13.2 Å². The summed E-state index contributed by atoms with van der Waals surface area (Å²) in [5, 5.41) is 2.70. The molecule has 2 rings (SSSR count). The third-order valence-electron chi connectivity index (χ3n) is 3.06. The molecule has 6 heteroatoms.